The highest BCUT2D eigenvalue weighted by Crippen LogP contribution is 2.29. The number of aliphatic hydroxyl groups is 1. The number of nitrogens with one attached hydrogen (secondary N) is 2. The molecule has 0 saturated carbocycles. The Hall–Kier alpha value is -1.53. The average Bonchev–Trinajstić information content (AvgIpc) is 2.47. The Kier molecular flexibility index (Phi) is 5.03. The molecule has 1 atom stereocenters. The standard InChI is InChI=1S/C13H14Cl2N4O/c14-9-6-10(15)13(19-16)18-12(9)17-7-11(20)8-4-2-1-3-5-8/h1-6,11,20H,7,16H2,(H2,17,18,19). The molecule has 2 aromatic rings. The van der Waals surface area contributed by atoms with Gasteiger partial charge in [-0.2, -0.15) is 0 Å². The summed E-state index contributed by atoms with van der Waals surface area (Å²) in [7, 11) is 0. The number of rotatable bonds is 5. The van der Waals surface area contributed by atoms with E-state index in [9.17, 15) is 5.11 Å². The Morgan fingerprint density at radius 2 is 1.80 bits per heavy atom. The molecule has 1 aromatic heterocycles. The maximum Gasteiger partial charge on any atom is 0.161 e. The van der Waals surface area contributed by atoms with Crippen LogP contribution in [0.1, 0.15) is 11.7 Å². The van der Waals surface area contributed by atoms with E-state index in [1.54, 1.807) is 0 Å². The summed E-state index contributed by atoms with van der Waals surface area (Å²) in [5.41, 5.74) is 3.19. The lowest BCUT2D eigenvalue weighted by molar-refractivity contribution is 0.191. The normalized spacial score (nSPS) is 12.0. The molecular weight excluding hydrogens is 299 g/mol. The van der Waals surface area contributed by atoms with Gasteiger partial charge >= 0.3 is 0 Å². The van der Waals surface area contributed by atoms with E-state index in [4.69, 9.17) is 29.0 Å². The maximum absolute atomic E-state index is 10.1. The Morgan fingerprint density at radius 1 is 1.15 bits per heavy atom. The van der Waals surface area contributed by atoms with Gasteiger partial charge in [0.25, 0.3) is 0 Å². The van der Waals surface area contributed by atoms with E-state index in [0.717, 1.165) is 5.56 Å². The summed E-state index contributed by atoms with van der Waals surface area (Å²) in [6.45, 7) is 0.266. The van der Waals surface area contributed by atoms with Crippen LogP contribution in [-0.4, -0.2) is 16.6 Å². The molecule has 0 radical (unpaired) electrons. The fourth-order valence-corrected chi connectivity index (χ4v) is 2.16. The van der Waals surface area contributed by atoms with Gasteiger partial charge in [-0.15, -0.1) is 0 Å². The lowest BCUT2D eigenvalue weighted by atomic mass is 10.1. The highest BCUT2D eigenvalue weighted by Gasteiger charge is 2.11. The molecule has 2 rings (SSSR count). The number of nitrogens with two attached hydrogens (primary N) is 1. The van der Waals surface area contributed by atoms with Crippen molar-refractivity contribution in [1.82, 2.24) is 4.98 Å². The first-order valence-corrected chi connectivity index (χ1v) is 6.67. The van der Waals surface area contributed by atoms with Crippen molar-refractivity contribution in [3.8, 4) is 0 Å². The van der Waals surface area contributed by atoms with Gasteiger partial charge in [0.2, 0.25) is 0 Å². The number of aromatic nitrogens is 1. The Balaban J connectivity index is 2.07. The molecule has 5 nitrogen and oxygen atoms in total. The first-order chi connectivity index (χ1) is 9.61. The van der Waals surface area contributed by atoms with E-state index in [1.807, 2.05) is 30.3 Å². The molecular formula is C13H14Cl2N4O. The Labute approximate surface area is 126 Å². The third-order valence-electron chi connectivity index (χ3n) is 2.71. The maximum atomic E-state index is 10.1. The lowest BCUT2D eigenvalue weighted by Crippen LogP contribution is -2.15. The van der Waals surface area contributed by atoms with Crippen molar-refractivity contribution < 1.29 is 5.11 Å². The number of pyridine rings is 1. The second-order valence-electron chi connectivity index (χ2n) is 4.10. The van der Waals surface area contributed by atoms with E-state index in [0.29, 0.717) is 21.7 Å². The van der Waals surface area contributed by atoms with Crippen molar-refractivity contribution in [2.24, 2.45) is 5.84 Å². The van der Waals surface area contributed by atoms with Crippen molar-refractivity contribution in [3.63, 3.8) is 0 Å². The van der Waals surface area contributed by atoms with Crippen molar-refractivity contribution >= 4 is 34.8 Å². The molecule has 0 saturated heterocycles. The van der Waals surface area contributed by atoms with E-state index in [-0.39, 0.29) is 6.54 Å². The lowest BCUT2D eigenvalue weighted by Gasteiger charge is -2.14. The second-order valence-corrected chi connectivity index (χ2v) is 4.92. The summed E-state index contributed by atoms with van der Waals surface area (Å²) in [4.78, 5) is 4.13. The predicted octanol–water partition coefficient (Wildman–Crippen LogP) is 2.82. The molecule has 0 aliphatic heterocycles. The third-order valence-corrected chi connectivity index (χ3v) is 3.29. The number of benzene rings is 1. The number of nitrogens with zero attached hydrogens (tertiary/aromatic N) is 1. The van der Waals surface area contributed by atoms with Gasteiger partial charge in [0.1, 0.15) is 5.82 Å². The van der Waals surface area contributed by atoms with E-state index in [2.05, 4.69) is 15.7 Å². The fraction of sp³-hybridized carbons (Fsp3) is 0.154. The van der Waals surface area contributed by atoms with Gasteiger partial charge < -0.3 is 15.8 Å². The van der Waals surface area contributed by atoms with Gasteiger partial charge in [0.05, 0.1) is 16.1 Å². The zero-order valence-corrected chi connectivity index (χ0v) is 12.0. The first kappa shape index (κ1) is 14.9. The minimum atomic E-state index is -0.668. The molecule has 0 spiro atoms. The Morgan fingerprint density at radius 3 is 2.45 bits per heavy atom. The molecule has 0 bridgehead atoms. The van der Waals surface area contributed by atoms with Gasteiger partial charge in [0.15, 0.2) is 5.82 Å². The van der Waals surface area contributed by atoms with Crippen LogP contribution in [0.4, 0.5) is 11.6 Å². The van der Waals surface area contributed by atoms with Crippen LogP contribution < -0.4 is 16.6 Å². The van der Waals surface area contributed by atoms with Crippen LogP contribution in [-0.2, 0) is 0 Å². The largest absolute Gasteiger partial charge is 0.387 e. The summed E-state index contributed by atoms with van der Waals surface area (Å²) in [6.07, 6.45) is -0.668. The van der Waals surface area contributed by atoms with Crippen molar-refractivity contribution in [1.29, 1.82) is 0 Å². The van der Waals surface area contributed by atoms with Crippen molar-refractivity contribution in [3.05, 3.63) is 52.0 Å². The van der Waals surface area contributed by atoms with Crippen LogP contribution >= 0.6 is 23.2 Å². The number of aliphatic hydroxyl groups excluding tert-OH is 1. The molecule has 0 fully saturated rings. The second kappa shape index (κ2) is 6.76. The van der Waals surface area contributed by atoms with E-state index < -0.39 is 6.10 Å². The molecule has 1 unspecified atom stereocenters. The van der Waals surface area contributed by atoms with Gasteiger partial charge in [-0.1, -0.05) is 53.5 Å². The quantitative estimate of drug-likeness (QED) is 0.504. The summed E-state index contributed by atoms with van der Waals surface area (Å²) in [5.74, 6) is 6.01. The minimum absolute atomic E-state index is 0.266. The molecule has 106 valence electrons. The molecule has 0 aliphatic carbocycles. The minimum Gasteiger partial charge on any atom is -0.387 e. The number of hydrogen-bond acceptors (Lipinski definition) is 5. The molecule has 0 amide bonds. The summed E-state index contributed by atoms with van der Waals surface area (Å²) < 4.78 is 0. The highest BCUT2D eigenvalue weighted by molar-refractivity contribution is 6.37. The van der Waals surface area contributed by atoms with Gasteiger partial charge in [-0.25, -0.2) is 10.8 Å². The molecule has 20 heavy (non-hydrogen) atoms. The van der Waals surface area contributed by atoms with Crippen LogP contribution in [0.3, 0.4) is 0 Å². The van der Waals surface area contributed by atoms with Crippen LogP contribution in [0.25, 0.3) is 0 Å². The van der Waals surface area contributed by atoms with Gasteiger partial charge in [-0.05, 0) is 11.6 Å². The SMILES string of the molecule is NNc1nc(NCC(O)c2ccccc2)c(Cl)cc1Cl. The zero-order valence-electron chi connectivity index (χ0n) is 10.5. The number of halogens is 2. The Bertz CT molecular complexity index is 580. The van der Waals surface area contributed by atoms with E-state index in [1.165, 1.54) is 6.07 Å². The van der Waals surface area contributed by atoms with Crippen molar-refractivity contribution in [2.75, 3.05) is 17.3 Å². The summed E-state index contributed by atoms with van der Waals surface area (Å²) >= 11 is 11.9. The van der Waals surface area contributed by atoms with Crippen LogP contribution in [0.15, 0.2) is 36.4 Å². The summed E-state index contributed by atoms with van der Waals surface area (Å²) in [5, 5.41) is 13.7. The number of nitrogen functional groups attached to an aromatic ring is 1. The van der Waals surface area contributed by atoms with Crippen LogP contribution in [0, 0.1) is 0 Å². The zero-order chi connectivity index (χ0) is 14.5. The fourth-order valence-electron chi connectivity index (χ4n) is 1.68. The smallest absolute Gasteiger partial charge is 0.161 e. The molecule has 0 aliphatic rings. The molecule has 7 heteroatoms. The van der Waals surface area contributed by atoms with Gasteiger partial charge in [-0.3, -0.25) is 0 Å². The summed E-state index contributed by atoms with van der Waals surface area (Å²) in [6, 6.07) is 10.8. The third kappa shape index (κ3) is 3.52. The van der Waals surface area contributed by atoms with Gasteiger partial charge in [0, 0.05) is 6.54 Å². The number of hydrazine groups is 1. The first-order valence-electron chi connectivity index (χ1n) is 5.91. The monoisotopic (exact) mass is 312 g/mol. The van der Waals surface area contributed by atoms with E-state index >= 15 is 0 Å². The average molecular weight is 313 g/mol. The molecule has 1 aromatic carbocycles. The predicted molar refractivity (Wildman–Crippen MR) is 82.0 cm³/mol. The topological polar surface area (TPSA) is 83.2 Å². The van der Waals surface area contributed by atoms with Crippen LogP contribution in [0.2, 0.25) is 10.0 Å². The molecule has 5 N–H and O–H groups in total. The van der Waals surface area contributed by atoms with Crippen LogP contribution in [0.5, 0.6) is 0 Å². The van der Waals surface area contributed by atoms with Crippen molar-refractivity contribution in [2.45, 2.75) is 6.10 Å². The highest BCUT2D eigenvalue weighted by atomic mass is 35.5. The molecule has 1 heterocycles. The number of hydrogen-bond donors (Lipinski definition) is 4. The number of anilines is 2.